The molecule has 0 atom stereocenters. The largest absolute Gasteiger partial charge is 0.534 e. The van der Waals surface area contributed by atoms with Crippen LogP contribution in [0.1, 0.15) is 5.48 Å². The molecule has 0 amide bonds. The van der Waals surface area contributed by atoms with Crippen molar-refractivity contribution in [3.05, 3.63) is 200 Å². The Labute approximate surface area is 369 Å². The highest BCUT2D eigenvalue weighted by Gasteiger charge is 2.48. The molecule has 0 radical (unpaired) electrons. The zero-order chi connectivity index (χ0) is 46.4. The molecule has 2 heterocycles. The second-order valence-electron chi connectivity index (χ2n) is 15.0. The molecule has 63 heavy (non-hydrogen) atoms. The first-order valence-electron chi connectivity index (χ1n) is 21.8. The number of aromatic nitrogens is 1. The van der Waals surface area contributed by atoms with Crippen LogP contribution >= 0.6 is 11.3 Å². The molecule has 5 nitrogen and oxygen atoms in total. The number of rotatable bonds is 8. The number of hydrogen-bond donors (Lipinski definition) is 0. The van der Waals surface area contributed by atoms with Crippen LogP contribution in [0.5, 0.6) is 5.75 Å². The van der Waals surface area contributed by atoms with Crippen LogP contribution in [0, 0.1) is 0 Å². The molecular weight excluding hydrogens is 834 g/mol. The third-order valence-corrected chi connectivity index (χ3v) is 13.5. The van der Waals surface area contributed by atoms with Gasteiger partial charge < -0.3 is 13.7 Å². The van der Waals surface area contributed by atoms with E-state index in [2.05, 4.69) is 47.0 Å². The summed E-state index contributed by atoms with van der Waals surface area (Å²) < 4.78 is 111. The molecule has 0 N–H and O–H groups in total. The molecule has 0 unspecified atom stereocenters. The topological polar surface area (TPSA) is 51.5 Å². The number of anilines is 3. The Balaban J connectivity index is 1.19. The molecule has 0 aliphatic carbocycles. The molecule has 9 aromatic carbocycles. The predicted molar refractivity (Wildman–Crippen MR) is 252 cm³/mol. The van der Waals surface area contributed by atoms with Crippen molar-refractivity contribution < 1.29 is 31.3 Å². The van der Waals surface area contributed by atoms with Gasteiger partial charge in [0.15, 0.2) is 0 Å². The summed E-state index contributed by atoms with van der Waals surface area (Å²) in [5.74, 6) is -0.642. The number of halogens is 3. The fraction of sp³-hybridized carbons (Fsp3) is 0.0189. The van der Waals surface area contributed by atoms with Crippen molar-refractivity contribution in [1.82, 2.24) is 4.57 Å². The second-order valence-corrected chi connectivity index (χ2v) is 17.6. The van der Waals surface area contributed by atoms with Crippen molar-refractivity contribution >= 4 is 91.3 Å². The third-order valence-electron chi connectivity index (χ3n) is 11.3. The van der Waals surface area contributed by atoms with Crippen molar-refractivity contribution in [2.75, 3.05) is 4.90 Å². The van der Waals surface area contributed by atoms with Crippen LogP contribution in [0.3, 0.4) is 0 Å². The molecule has 0 saturated heterocycles. The number of hydrogen-bond acceptors (Lipinski definition) is 5. The summed E-state index contributed by atoms with van der Waals surface area (Å²) in [6, 6.07) is 53.0. The Bertz CT molecular complexity index is 3900. The third kappa shape index (κ3) is 6.57. The average Bonchev–Trinajstić information content (AvgIpc) is 3.88. The summed E-state index contributed by atoms with van der Waals surface area (Å²) in [5, 5.41) is 5.11. The van der Waals surface area contributed by atoms with Gasteiger partial charge in [0.1, 0.15) is 5.75 Å². The molecule has 11 rings (SSSR count). The average molecular weight is 871 g/mol. The van der Waals surface area contributed by atoms with E-state index in [-0.39, 0.29) is 17.4 Å². The van der Waals surface area contributed by atoms with Gasteiger partial charge >= 0.3 is 15.6 Å². The number of para-hydroxylation sites is 2. The minimum Gasteiger partial charge on any atom is -0.376 e. The summed E-state index contributed by atoms with van der Waals surface area (Å²) in [6.45, 7) is 0. The van der Waals surface area contributed by atoms with E-state index >= 15 is 0 Å². The highest BCUT2D eigenvalue weighted by atomic mass is 32.2. The van der Waals surface area contributed by atoms with Gasteiger partial charge in [-0.15, -0.1) is 11.3 Å². The van der Waals surface area contributed by atoms with E-state index in [9.17, 15) is 21.6 Å². The van der Waals surface area contributed by atoms with Crippen LogP contribution in [0.25, 0.3) is 80.7 Å². The van der Waals surface area contributed by atoms with Crippen molar-refractivity contribution in [2.45, 2.75) is 5.51 Å². The first-order valence-corrected chi connectivity index (χ1v) is 22.0. The smallest absolute Gasteiger partial charge is 0.376 e. The van der Waals surface area contributed by atoms with E-state index in [1.807, 2.05) is 103 Å². The Morgan fingerprint density at radius 2 is 1.30 bits per heavy atom. The van der Waals surface area contributed by atoms with Crippen molar-refractivity contribution in [2.24, 2.45) is 0 Å². The summed E-state index contributed by atoms with van der Waals surface area (Å²) >= 11 is 1.30. The number of nitrogens with zero attached hydrogens (tertiary/aromatic N) is 2. The molecule has 2 aromatic heterocycles. The maximum atomic E-state index is 14.1. The molecule has 0 saturated carbocycles. The standard InChI is InChI=1S/C53H33F3N2O3S2/c54-53(55,56)63(59,60)61-41-32-45-44-31-37(43-21-12-22-46-51(43)50-42-20-11-10-15-36(42)25-29-47(50)58(46)39-18-8-3-9-19-39)26-30-49(44)62-52(45)48(33-41)57(38-16-6-2-7-17-38)40-27-23-35(24-28-40)34-13-4-1-5-14-34/h1-33H/i2D,6D,7D,16D. The van der Waals surface area contributed by atoms with Gasteiger partial charge in [-0.1, -0.05) is 127 Å². The Hall–Kier alpha value is -7.40. The normalized spacial score (nSPS) is 13.1. The lowest BCUT2D eigenvalue weighted by atomic mass is 9.96. The number of alkyl halides is 3. The fourth-order valence-electron chi connectivity index (χ4n) is 8.55. The van der Waals surface area contributed by atoms with Gasteiger partial charge in [0.2, 0.25) is 0 Å². The van der Waals surface area contributed by atoms with Gasteiger partial charge in [0.25, 0.3) is 0 Å². The Kier molecular flexibility index (Phi) is 8.09. The molecule has 0 aliphatic heterocycles. The summed E-state index contributed by atoms with van der Waals surface area (Å²) in [5.41, 5.74) is 1.10. The summed E-state index contributed by atoms with van der Waals surface area (Å²) in [4.78, 5) is 1.50. The fourth-order valence-corrected chi connectivity index (χ4v) is 10.2. The van der Waals surface area contributed by atoms with Crippen LogP contribution in [0.2, 0.25) is 0 Å². The molecule has 0 bridgehead atoms. The molecule has 306 valence electrons. The maximum absolute atomic E-state index is 14.1. The quantitative estimate of drug-likeness (QED) is 0.113. The van der Waals surface area contributed by atoms with E-state index in [0.29, 0.717) is 21.2 Å². The van der Waals surface area contributed by atoms with Gasteiger partial charge in [-0.2, -0.15) is 21.6 Å². The van der Waals surface area contributed by atoms with E-state index in [4.69, 9.17) is 9.67 Å². The van der Waals surface area contributed by atoms with Crippen molar-refractivity contribution in [1.29, 1.82) is 0 Å². The zero-order valence-corrected chi connectivity index (χ0v) is 34.4. The van der Waals surface area contributed by atoms with Gasteiger partial charge in [-0.25, -0.2) is 0 Å². The predicted octanol–water partition coefficient (Wildman–Crippen LogP) is 15.3. The molecule has 0 aliphatic rings. The molecule has 11 aromatic rings. The summed E-state index contributed by atoms with van der Waals surface area (Å²) in [6.07, 6.45) is 0. The molecule has 10 heteroatoms. The number of benzene rings is 9. The first kappa shape index (κ1) is 34.2. The van der Waals surface area contributed by atoms with Crippen molar-refractivity contribution in [3.63, 3.8) is 0 Å². The highest BCUT2D eigenvalue weighted by Crippen LogP contribution is 2.49. The van der Waals surface area contributed by atoms with Gasteiger partial charge in [-0.3, -0.25) is 0 Å². The van der Waals surface area contributed by atoms with E-state index < -0.39 is 39.5 Å². The lowest BCUT2D eigenvalue weighted by Gasteiger charge is -2.26. The van der Waals surface area contributed by atoms with Crippen LogP contribution in [0.4, 0.5) is 30.2 Å². The zero-order valence-electron chi connectivity index (χ0n) is 36.8. The number of thiophene rings is 1. The Morgan fingerprint density at radius 1 is 0.587 bits per heavy atom. The van der Waals surface area contributed by atoms with E-state index in [1.54, 1.807) is 12.1 Å². The first-order chi connectivity index (χ1) is 32.3. The van der Waals surface area contributed by atoms with Crippen LogP contribution in [-0.4, -0.2) is 18.5 Å². The molecule has 0 spiro atoms. The minimum atomic E-state index is -6.17. The van der Waals surface area contributed by atoms with Crippen LogP contribution < -0.4 is 9.08 Å². The summed E-state index contributed by atoms with van der Waals surface area (Å²) in [7, 11) is -6.17. The van der Waals surface area contributed by atoms with Gasteiger partial charge in [0.05, 0.1) is 26.9 Å². The van der Waals surface area contributed by atoms with Crippen LogP contribution in [-0.2, 0) is 10.1 Å². The maximum Gasteiger partial charge on any atom is 0.534 e. The van der Waals surface area contributed by atoms with Crippen LogP contribution in [0.15, 0.2) is 200 Å². The van der Waals surface area contributed by atoms with Crippen molar-refractivity contribution in [3.8, 4) is 33.7 Å². The monoisotopic (exact) mass is 870 g/mol. The second kappa shape index (κ2) is 14.9. The lowest BCUT2D eigenvalue weighted by molar-refractivity contribution is -0.0500. The molecular formula is C53H33F3N2O3S2. The SMILES string of the molecule is [2H]c1cc(N(c2ccc(-c3ccccc3)cc2)c2cc(OS(=O)(=O)C(F)(F)F)cc3c2sc2ccc(-c4cccc5c4c4c6ccccc6ccc4n5-c4ccccc4)cc23)c([2H])c([2H])c1[2H]. The Morgan fingerprint density at radius 3 is 2.10 bits per heavy atom. The number of fused-ring (bicyclic) bond motifs is 8. The minimum absolute atomic E-state index is 0.0255. The van der Waals surface area contributed by atoms with Gasteiger partial charge in [-0.05, 0) is 99.7 Å². The van der Waals surface area contributed by atoms with E-state index in [0.717, 1.165) is 65.2 Å². The highest BCUT2D eigenvalue weighted by molar-refractivity contribution is 7.88. The van der Waals surface area contributed by atoms with E-state index in [1.165, 1.54) is 34.4 Å². The molecule has 0 fully saturated rings. The van der Waals surface area contributed by atoms with Gasteiger partial charge in [0, 0.05) is 49.4 Å². The lowest BCUT2D eigenvalue weighted by Crippen LogP contribution is -2.28.